The molecule has 3 rings (SSSR count). The van der Waals surface area contributed by atoms with Crippen LogP contribution in [0.2, 0.25) is 0 Å². The van der Waals surface area contributed by atoms with Crippen molar-refractivity contribution >= 4 is 28.5 Å². The number of rotatable bonds is 8. The van der Waals surface area contributed by atoms with Gasteiger partial charge in [0.2, 0.25) is 5.82 Å². The van der Waals surface area contributed by atoms with Gasteiger partial charge in [0, 0.05) is 25.1 Å². The van der Waals surface area contributed by atoms with Crippen LogP contribution in [0.25, 0.3) is 10.9 Å². The summed E-state index contributed by atoms with van der Waals surface area (Å²) in [7, 11) is 1.58. The Labute approximate surface area is 181 Å². The van der Waals surface area contributed by atoms with Crippen molar-refractivity contribution in [1.29, 1.82) is 0 Å². The van der Waals surface area contributed by atoms with Crippen LogP contribution in [0.3, 0.4) is 0 Å². The van der Waals surface area contributed by atoms with Crippen LogP contribution in [-0.2, 0) is 4.74 Å². The molecule has 0 unspecified atom stereocenters. The maximum Gasteiger partial charge on any atom is 0.289 e. The molecular formula is C22H31FN6O2. The lowest BCUT2D eigenvalue weighted by atomic mass is 9.90. The predicted octanol–water partition coefficient (Wildman–Crippen LogP) is 2.88. The van der Waals surface area contributed by atoms with E-state index in [0.29, 0.717) is 35.0 Å². The highest BCUT2D eigenvalue weighted by molar-refractivity contribution is 5.96. The van der Waals surface area contributed by atoms with E-state index in [1.54, 1.807) is 13.2 Å². The highest BCUT2D eigenvalue weighted by Crippen LogP contribution is 2.28. The molecule has 0 radical (unpaired) electrons. The number of carbonyl (C=O) groups excluding carboxylic acids is 1. The number of amidine groups is 1. The minimum absolute atomic E-state index is 0.0444. The number of hydrogen-bond acceptors (Lipinski definition) is 6. The standard InChI is InChI=1S/C22H31FN6O2/c1-13(2)11-25-22(30)21-27-16-9-8-14(23)10-15(16)20(29-21)28-18-7-5-4-6-17(18)26-19(24)12-31-3/h8-10,13,17-18H,4-7,11-12H2,1-3H3,(H2,24,26)(H,25,30)(H,27,28,29)/t17-,18+/m1/s1. The third kappa shape index (κ3) is 6.10. The number of halogens is 1. The predicted molar refractivity (Wildman–Crippen MR) is 120 cm³/mol. The molecule has 0 spiro atoms. The first kappa shape index (κ1) is 22.9. The molecule has 168 valence electrons. The molecule has 1 fully saturated rings. The van der Waals surface area contributed by atoms with E-state index in [2.05, 4.69) is 25.6 Å². The molecule has 0 bridgehead atoms. The summed E-state index contributed by atoms with van der Waals surface area (Å²) in [5.74, 6) is 0.473. The zero-order valence-corrected chi connectivity index (χ0v) is 18.3. The van der Waals surface area contributed by atoms with Gasteiger partial charge >= 0.3 is 0 Å². The average molecular weight is 431 g/mol. The van der Waals surface area contributed by atoms with E-state index >= 15 is 0 Å². The number of hydrogen-bond donors (Lipinski definition) is 3. The number of fused-ring (bicyclic) bond motifs is 1. The quantitative estimate of drug-likeness (QED) is 0.438. The van der Waals surface area contributed by atoms with Crippen molar-refractivity contribution in [2.24, 2.45) is 16.6 Å². The zero-order chi connectivity index (χ0) is 22.4. The summed E-state index contributed by atoms with van der Waals surface area (Å²) in [6.07, 6.45) is 3.83. The van der Waals surface area contributed by atoms with E-state index in [4.69, 9.17) is 10.5 Å². The topological polar surface area (TPSA) is 115 Å². The second-order valence-corrected chi connectivity index (χ2v) is 8.32. The maximum atomic E-state index is 14.0. The highest BCUT2D eigenvalue weighted by Gasteiger charge is 2.26. The van der Waals surface area contributed by atoms with Crippen molar-refractivity contribution in [3.8, 4) is 0 Å². The number of carbonyl (C=O) groups is 1. The minimum Gasteiger partial charge on any atom is -0.386 e. The normalized spacial score (nSPS) is 19.6. The Morgan fingerprint density at radius 2 is 2.10 bits per heavy atom. The second kappa shape index (κ2) is 10.5. The average Bonchev–Trinajstić information content (AvgIpc) is 2.73. The van der Waals surface area contributed by atoms with Crippen molar-refractivity contribution in [2.45, 2.75) is 51.6 Å². The van der Waals surface area contributed by atoms with Crippen LogP contribution in [-0.4, -0.2) is 54.1 Å². The number of nitrogens with one attached hydrogen (secondary N) is 2. The number of nitrogens with two attached hydrogens (primary N) is 1. The maximum absolute atomic E-state index is 14.0. The lowest BCUT2D eigenvalue weighted by Gasteiger charge is -2.30. The molecule has 2 aromatic rings. The monoisotopic (exact) mass is 430 g/mol. The zero-order valence-electron chi connectivity index (χ0n) is 18.3. The van der Waals surface area contributed by atoms with Gasteiger partial charge in [-0.05, 0) is 37.0 Å². The molecular weight excluding hydrogens is 399 g/mol. The van der Waals surface area contributed by atoms with Crippen LogP contribution in [0.15, 0.2) is 23.2 Å². The molecule has 1 aliphatic carbocycles. The van der Waals surface area contributed by atoms with Crippen LogP contribution in [0.1, 0.15) is 50.1 Å². The lowest BCUT2D eigenvalue weighted by Crippen LogP contribution is -2.38. The van der Waals surface area contributed by atoms with Gasteiger partial charge in [-0.1, -0.05) is 26.7 Å². The van der Waals surface area contributed by atoms with Crippen LogP contribution in [0, 0.1) is 11.7 Å². The Morgan fingerprint density at radius 3 is 2.84 bits per heavy atom. The Hall–Kier alpha value is -2.81. The summed E-state index contributed by atoms with van der Waals surface area (Å²) in [6.45, 7) is 4.81. The largest absolute Gasteiger partial charge is 0.386 e. The first-order valence-electron chi connectivity index (χ1n) is 10.7. The Balaban J connectivity index is 1.94. The number of ether oxygens (including phenoxy) is 1. The molecule has 1 aromatic heterocycles. The molecule has 2 atom stereocenters. The molecule has 1 amide bonds. The molecule has 4 N–H and O–H groups in total. The SMILES string of the molecule is COCC(N)=N[C@@H]1CCCC[C@@H]1Nc1nc(C(=O)NCC(C)C)nc2ccc(F)cc12. The first-order valence-corrected chi connectivity index (χ1v) is 10.7. The lowest BCUT2D eigenvalue weighted by molar-refractivity contribution is 0.0939. The van der Waals surface area contributed by atoms with Crippen molar-refractivity contribution in [1.82, 2.24) is 15.3 Å². The van der Waals surface area contributed by atoms with Crippen LogP contribution in [0.4, 0.5) is 10.2 Å². The smallest absolute Gasteiger partial charge is 0.289 e. The molecule has 0 saturated heterocycles. The Bertz CT molecular complexity index is 949. The third-order valence-corrected chi connectivity index (χ3v) is 5.21. The van der Waals surface area contributed by atoms with E-state index in [1.807, 2.05) is 13.8 Å². The summed E-state index contributed by atoms with van der Waals surface area (Å²) < 4.78 is 19.1. The summed E-state index contributed by atoms with van der Waals surface area (Å²) in [5.41, 5.74) is 6.47. The van der Waals surface area contributed by atoms with Gasteiger partial charge in [-0.2, -0.15) is 0 Å². The molecule has 1 aromatic carbocycles. The van der Waals surface area contributed by atoms with Gasteiger partial charge in [0.1, 0.15) is 24.1 Å². The summed E-state index contributed by atoms with van der Waals surface area (Å²) in [6, 6.07) is 4.17. The van der Waals surface area contributed by atoms with E-state index in [-0.39, 0.29) is 30.4 Å². The van der Waals surface area contributed by atoms with E-state index < -0.39 is 5.82 Å². The summed E-state index contributed by atoms with van der Waals surface area (Å²) in [4.78, 5) is 26.0. The van der Waals surface area contributed by atoms with Gasteiger partial charge in [-0.3, -0.25) is 9.79 Å². The highest BCUT2D eigenvalue weighted by atomic mass is 19.1. The minimum atomic E-state index is -0.390. The first-order chi connectivity index (χ1) is 14.9. The molecule has 1 aliphatic rings. The fraction of sp³-hybridized carbons (Fsp3) is 0.545. The van der Waals surface area contributed by atoms with Crippen LogP contribution < -0.4 is 16.4 Å². The third-order valence-electron chi connectivity index (χ3n) is 5.21. The number of benzene rings is 1. The van der Waals surface area contributed by atoms with Gasteiger partial charge in [0.25, 0.3) is 5.91 Å². The van der Waals surface area contributed by atoms with Gasteiger partial charge in [-0.25, -0.2) is 14.4 Å². The van der Waals surface area contributed by atoms with Gasteiger partial charge < -0.3 is 21.1 Å². The van der Waals surface area contributed by atoms with E-state index in [0.717, 1.165) is 25.7 Å². The number of aromatic nitrogens is 2. The van der Waals surface area contributed by atoms with Crippen molar-refractivity contribution in [3.05, 3.63) is 29.8 Å². The van der Waals surface area contributed by atoms with Gasteiger partial charge in [0.15, 0.2) is 0 Å². The van der Waals surface area contributed by atoms with Crippen LogP contribution in [0.5, 0.6) is 0 Å². The number of methoxy groups -OCH3 is 1. The molecule has 8 nitrogen and oxygen atoms in total. The van der Waals surface area contributed by atoms with Crippen molar-refractivity contribution in [2.75, 3.05) is 25.6 Å². The number of aliphatic imine (C=N–C) groups is 1. The number of anilines is 1. The Morgan fingerprint density at radius 1 is 1.32 bits per heavy atom. The number of amides is 1. The van der Waals surface area contributed by atoms with Crippen LogP contribution >= 0.6 is 0 Å². The molecule has 31 heavy (non-hydrogen) atoms. The van der Waals surface area contributed by atoms with Gasteiger partial charge in [0.05, 0.1) is 11.6 Å². The molecule has 9 heteroatoms. The summed E-state index contributed by atoms with van der Waals surface area (Å²) in [5, 5.41) is 6.77. The molecule has 0 aliphatic heterocycles. The fourth-order valence-electron chi connectivity index (χ4n) is 3.70. The van der Waals surface area contributed by atoms with E-state index in [1.165, 1.54) is 12.1 Å². The number of nitrogens with zero attached hydrogens (tertiary/aromatic N) is 3. The summed E-state index contributed by atoms with van der Waals surface area (Å²) >= 11 is 0. The second-order valence-electron chi connectivity index (χ2n) is 8.32. The fourth-order valence-corrected chi connectivity index (χ4v) is 3.70. The van der Waals surface area contributed by atoms with Crippen molar-refractivity contribution in [3.63, 3.8) is 0 Å². The molecule has 1 heterocycles. The molecule has 1 saturated carbocycles. The van der Waals surface area contributed by atoms with Gasteiger partial charge in [-0.15, -0.1) is 0 Å². The Kier molecular flexibility index (Phi) is 7.73. The van der Waals surface area contributed by atoms with Crippen molar-refractivity contribution < 1.29 is 13.9 Å². The van der Waals surface area contributed by atoms with E-state index in [9.17, 15) is 9.18 Å².